The first-order valence-electron chi connectivity index (χ1n) is 3.59. The van der Waals surface area contributed by atoms with Crippen molar-refractivity contribution in [3.63, 3.8) is 0 Å². The van der Waals surface area contributed by atoms with Crippen molar-refractivity contribution in [2.24, 2.45) is 10.8 Å². The molecule has 3 N–H and O–H groups in total. The van der Waals surface area contributed by atoms with E-state index in [-0.39, 0.29) is 11.6 Å². The number of hydrogen-bond acceptors (Lipinski definition) is 6. The number of benzene rings is 1. The van der Waals surface area contributed by atoms with Crippen LogP contribution in [0.15, 0.2) is 29.4 Å². The van der Waals surface area contributed by atoms with Crippen LogP contribution in [0.3, 0.4) is 0 Å². The molecule has 0 unspecified atom stereocenters. The Labute approximate surface area is 74.0 Å². The van der Waals surface area contributed by atoms with Crippen molar-refractivity contribution in [3.8, 4) is 0 Å². The molecule has 0 amide bonds. The Bertz CT molecular complexity index is 365. The second-order valence-electron chi connectivity index (χ2n) is 2.53. The number of hydrazone groups is 1. The Morgan fingerprint density at radius 2 is 1.92 bits per heavy atom. The van der Waals surface area contributed by atoms with E-state index in [0.717, 1.165) is 0 Å². The fraction of sp³-hybridized carbons (Fsp3) is 0. The molecule has 1 aliphatic rings. The van der Waals surface area contributed by atoms with E-state index in [1.54, 1.807) is 24.3 Å². The van der Waals surface area contributed by atoms with Crippen molar-refractivity contribution in [2.45, 2.75) is 0 Å². The zero-order valence-corrected chi connectivity index (χ0v) is 6.58. The normalized spacial score (nSPS) is 15.4. The predicted octanol–water partition coefficient (Wildman–Crippen LogP) is 0.430. The Morgan fingerprint density at radius 1 is 1.31 bits per heavy atom. The fourth-order valence-corrected chi connectivity index (χ4v) is 1.12. The van der Waals surface area contributed by atoms with Gasteiger partial charge in [-0.25, -0.2) is 0 Å². The molecule has 6 heteroatoms. The Balaban J connectivity index is 2.55. The lowest BCUT2D eigenvalue weighted by Gasteiger charge is -2.35. The molecular weight excluding hydrogens is 172 g/mol. The van der Waals surface area contributed by atoms with Crippen LogP contribution in [-0.2, 0) is 0 Å². The van der Waals surface area contributed by atoms with Crippen LogP contribution in [0.5, 0.6) is 0 Å². The lowest BCUT2D eigenvalue weighted by atomic mass is 10.2. The van der Waals surface area contributed by atoms with Gasteiger partial charge in [-0.15, -0.1) is 10.3 Å². The van der Waals surface area contributed by atoms with Gasteiger partial charge in [0.1, 0.15) is 5.69 Å². The molecule has 6 nitrogen and oxygen atoms in total. The van der Waals surface area contributed by atoms with Crippen LogP contribution in [0.25, 0.3) is 0 Å². The Kier molecular flexibility index (Phi) is 1.57. The maximum atomic E-state index is 11.3. The standard InChI is InChI=1S/C7H7N4O2/c8-7-9-11(13)6-4-2-1-3-5(6)10(7)12/h1-4,13H,(H2,8,9)/q-1. The van der Waals surface area contributed by atoms with Crippen LogP contribution in [-0.4, -0.2) is 11.2 Å². The SMILES string of the molecule is NC1=NN(O)c2ccccc2N1[O-]. The summed E-state index contributed by atoms with van der Waals surface area (Å²) in [5, 5.41) is 25.0. The largest absolute Gasteiger partial charge is 0.752 e. The van der Waals surface area contributed by atoms with Gasteiger partial charge in [-0.1, -0.05) is 12.1 Å². The molecule has 0 aromatic heterocycles. The molecule has 2 rings (SSSR count). The molecule has 1 aromatic rings. The van der Waals surface area contributed by atoms with Crippen molar-refractivity contribution in [3.05, 3.63) is 29.5 Å². The summed E-state index contributed by atoms with van der Waals surface area (Å²) in [5.41, 5.74) is 5.83. The first kappa shape index (κ1) is 7.84. The minimum atomic E-state index is -0.291. The summed E-state index contributed by atoms with van der Waals surface area (Å²) in [5.74, 6) is -0.291. The van der Waals surface area contributed by atoms with Gasteiger partial charge in [0, 0.05) is 0 Å². The van der Waals surface area contributed by atoms with Gasteiger partial charge < -0.3 is 16.0 Å². The quantitative estimate of drug-likeness (QED) is 0.602. The number of para-hydroxylation sites is 2. The maximum Gasteiger partial charge on any atom is 0.210 e. The molecule has 1 aromatic carbocycles. The first-order valence-corrected chi connectivity index (χ1v) is 3.59. The van der Waals surface area contributed by atoms with E-state index in [9.17, 15) is 10.4 Å². The molecule has 0 fully saturated rings. The third kappa shape index (κ3) is 1.08. The molecule has 0 radical (unpaired) electrons. The lowest BCUT2D eigenvalue weighted by Crippen LogP contribution is -2.39. The number of anilines is 2. The van der Waals surface area contributed by atoms with E-state index in [4.69, 9.17) is 5.73 Å². The van der Waals surface area contributed by atoms with Crippen LogP contribution < -0.4 is 16.0 Å². The van der Waals surface area contributed by atoms with Crippen molar-refractivity contribution in [1.82, 2.24) is 0 Å². The number of nitrogens with zero attached hydrogens (tertiary/aromatic N) is 3. The maximum absolute atomic E-state index is 11.3. The molecule has 0 spiro atoms. The number of nitrogens with two attached hydrogens (primary N) is 1. The van der Waals surface area contributed by atoms with Crippen molar-refractivity contribution < 1.29 is 5.21 Å². The molecular formula is C7H7N4O2-. The second-order valence-corrected chi connectivity index (χ2v) is 2.53. The number of rotatable bonds is 0. The highest BCUT2D eigenvalue weighted by molar-refractivity contribution is 6.01. The van der Waals surface area contributed by atoms with Crippen molar-refractivity contribution in [2.75, 3.05) is 10.2 Å². The molecule has 0 atom stereocenters. The van der Waals surface area contributed by atoms with Crippen LogP contribution in [0.4, 0.5) is 11.4 Å². The van der Waals surface area contributed by atoms with Crippen LogP contribution in [0.2, 0.25) is 0 Å². The van der Waals surface area contributed by atoms with E-state index in [2.05, 4.69) is 5.10 Å². The number of fused-ring (bicyclic) bond motifs is 1. The van der Waals surface area contributed by atoms with E-state index < -0.39 is 0 Å². The minimum Gasteiger partial charge on any atom is -0.752 e. The zero-order chi connectivity index (χ0) is 9.42. The van der Waals surface area contributed by atoms with E-state index >= 15 is 0 Å². The molecule has 0 bridgehead atoms. The van der Waals surface area contributed by atoms with Gasteiger partial charge in [0.25, 0.3) is 0 Å². The van der Waals surface area contributed by atoms with Gasteiger partial charge in [0.2, 0.25) is 5.96 Å². The summed E-state index contributed by atoms with van der Waals surface area (Å²) in [7, 11) is 0. The van der Waals surface area contributed by atoms with Crippen LogP contribution in [0.1, 0.15) is 0 Å². The molecule has 13 heavy (non-hydrogen) atoms. The summed E-state index contributed by atoms with van der Waals surface area (Å²) in [6.07, 6.45) is 0. The monoisotopic (exact) mass is 179 g/mol. The van der Waals surface area contributed by atoms with E-state index in [1.165, 1.54) is 0 Å². The van der Waals surface area contributed by atoms with Crippen molar-refractivity contribution >= 4 is 17.3 Å². The molecule has 68 valence electrons. The summed E-state index contributed by atoms with van der Waals surface area (Å²) in [6.45, 7) is 0. The van der Waals surface area contributed by atoms with E-state index in [0.29, 0.717) is 15.9 Å². The van der Waals surface area contributed by atoms with Gasteiger partial charge in [-0.3, -0.25) is 5.21 Å². The summed E-state index contributed by atoms with van der Waals surface area (Å²) in [4.78, 5) is 0. The van der Waals surface area contributed by atoms with Gasteiger partial charge >= 0.3 is 0 Å². The summed E-state index contributed by atoms with van der Waals surface area (Å²) < 4.78 is 0. The number of guanidine groups is 1. The third-order valence-corrected chi connectivity index (χ3v) is 1.72. The molecule has 1 aliphatic heterocycles. The fourth-order valence-electron chi connectivity index (χ4n) is 1.12. The average molecular weight is 179 g/mol. The molecule has 0 saturated heterocycles. The number of hydroxylamine groups is 1. The highest BCUT2D eigenvalue weighted by Crippen LogP contribution is 2.30. The van der Waals surface area contributed by atoms with Gasteiger partial charge in [0.05, 0.1) is 5.69 Å². The van der Waals surface area contributed by atoms with Gasteiger partial charge in [-0.2, -0.15) is 0 Å². The molecule has 1 heterocycles. The second kappa shape index (κ2) is 2.61. The summed E-state index contributed by atoms with van der Waals surface area (Å²) >= 11 is 0. The lowest BCUT2D eigenvalue weighted by molar-refractivity contribution is 0.258. The van der Waals surface area contributed by atoms with E-state index in [1.807, 2.05) is 0 Å². The first-order chi connectivity index (χ1) is 6.20. The minimum absolute atomic E-state index is 0.275. The zero-order valence-electron chi connectivity index (χ0n) is 6.58. The van der Waals surface area contributed by atoms with Crippen molar-refractivity contribution in [1.29, 1.82) is 0 Å². The highest BCUT2D eigenvalue weighted by atomic mass is 16.5. The third-order valence-electron chi connectivity index (χ3n) is 1.72. The smallest absolute Gasteiger partial charge is 0.210 e. The van der Waals surface area contributed by atoms with Gasteiger partial charge in [0.15, 0.2) is 0 Å². The Morgan fingerprint density at radius 3 is 2.62 bits per heavy atom. The number of hydrogen-bond donors (Lipinski definition) is 2. The van der Waals surface area contributed by atoms with Gasteiger partial charge in [-0.05, 0) is 12.1 Å². The summed E-state index contributed by atoms with van der Waals surface area (Å²) in [6, 6.07) is 6.48. The average Bonchev–Trinajstić information content (AvgIpc) is 2.15. The van der Waals surface area contributed by atoms with Crippen LogP contribution in [0, 0.1) is 5.21 Å². The highest BCUT2D eigenvalue weighted by Gasteiger charge is 2.16. The molecule has 0 saturated carbocycles. The van der Waals surface area contributed by atoms with Crippen LogP contribution >= 0.6 is 0 Å². The predicted molar refractivity (Wildman–Crippen MR) is 48.2 cm³/mol. The Hall–Kier alpha value is -1.79. The topological polar surface area (TPSA) is 88.1 Å². The molecule has 0 aliphatic carbocycles.